The summed E-state index contributed by atoms with van der Waals surface area (Å²) in [6, 6.07) is 0. The van der Waals surface area contributed by atoms with Crippen molar-refractivity contribution in [3.05, 3.63) is 48.6 Å². The molecule has 6 nitrogen and oxygen atoms in total. The Hall–Kier alpha value is -2.63. The number of rotatable bonds is 60. The molecule has 0 heterocycles. The summed E-state index contributed by atoms with van der Waals surface area (Å²) in [4.78, 5) is 38.4. The van der Waals surface area contributed by atoms with Gasteiger partial charge in [0, 0.05) is 19.3 Å². The molecule has 432 valence electrons. The van der Waals surface area contributed by atoms with Gasteiger partial charge in [0.15, 0.2) is 6.10 Å². The molecule has 6 heteroatoms. The maximum absolute atomic E-state index is 12.9. The molecule has 1 unspecified atom stereocenters. The summed E-state index contributed by atoms with van der Waals surface area (Å²) < 4.78 is 17.0. The molecule has 0 aromatic heterocycles. The van der Waals surface area contributed by atoms with E-state index in [9.17, 15) is 14.4 Å². The van der Waals surface area contributed by atoms with Crippen LogP contribution in [0.4, 0.5) is 0 Å². The smallest absolute Gasteiger partial charge is 0.306 e. The Morgan fingerprint density at radius 1 is 0.270 bits per heavy atom. The predicted molar refractivity (Wildman–Crippen MR) is 321 cm³/mol. The molecule has 0 N–H and O–H groups in total. The van der Waals surface area contributed by atoms with Gasteiger partial charge < -0.3 is 14.2 Å². The first-order valence-corrected chi connectivity index (χ1v) is 32.6. The van der Waals surface area contributed by atoms with Gasteiger partial charge in [0.2, 0.25) is 0 Å². The summed E-state index contributed by atoms with van der Waals surface area (Å²) in [5.74, 6) is -0.858. The topological polar surface area (TPSA) is 78.9 Å². The Labute approximate surface area is 460 Å². The number of hydrogen-bond donors (Lipinski definition) is 0. The monoisotopic (exact) mass is 1040 g/mol. The molecule has 0 aromatic rings. The molecule has 0 aliphatic carbocycles. The fourth-order valence-electron chi connectivity index (χ4n) is 9.62. The van der Waals surface area contributed by atoms with Crippen molar-refractivity contribution in [3.63, 3.8) is 0 Å². The molecule has 0 saturated carbocycles. The first-order valence-electron chi connectivity index (χ1n) is 32.6. The van der Waals surface area contributed by atoms with Crippen LogP contribution in [0, 0.1) is 0 Å². The molecule has 1 atom stereocenters. The molecular weight excluding hydrogens is 913 g/mol. The maximum atomic E-state index is 12.9. The molecule has 0 aromatic carbocycles. The molecule has 0 amide bonds. The zero-order valence-electron chi connectivity index (χ0n) is 49.6. The summed E-state index contributed by atoms with van der Waals surface area (Å²) >= 11 is 0. The van der Waals surface area contributed by atoms with Crippen LogP contribution in [-0.2, 0) is 28.6 Å². The summed E-state index contributed by atoms with van der Waals surface area (Å²) in [5, 5.41) is 0. The van der Waals surface area contributed by atoms with E-state index in [-0.39, 0.29) is 31.1 Å². The molecule has 74 heavy (non-hydrogen) atoms. The van der Waals surface area contributed by atoms with E-state index in [0.29, 0.717) is 19.3 Å². The minimum absolute atomic E-state index is 0.0721. The van der Waals surface area contributed by atoms with Gasteiger partial charge in [0.1, 0.15) is 13.2 Å². The van der Waals surface area contributed by atoms with Crippen molar-refractivity contribution in [2.75, 3.05) is 13.2 Å². The predicted octanol–water partition coefficient (Wildman–Crippen LogP) is 22.2. The average molecular weight is 1040 g/mol. The van der Waals surface area contributed by atoms with Crippen LogP contribution < -0.4 is 0 Å². The maximum Gasteiger partial charge on any atom is 0.306 e. The third kappa shape index (κ3) is 60.2. The van der Waals surface area contributed by atoms with Crippen molar-refractivity contribution in [2.24, 2.45) is 0 Å². The highest BCUT2D eigenvalue weighted by molar-refractivity contribution is 5.71. The second-order valence-electron chi connectivity index (χ2n) is 22.0. The van der Waals surface area contributed by atoms with E-state index in [0.717, 1.165) is 70.6 Å². The lowest BCUT2D eigenvalue weighted by atomic mass is 10.0. The van der Waals surface area contributed by atoms with E-state index in [1.54, 1.807) is 0 Å². The van der Waals surface area contributed by atoms with Crippen LogP contribution in [0.3, 0.4) is 0 Å². The highest BCUT2D eigenvalue weighted by Crippen LogP contribution is 2.17. The zero-order chi connectivity index (χ0) is 53.6. The minimum Gasteiger partial charge on any atom is -0.462 e. The average Bonchev–Trinajstić information content (AvgIpc) is 3.40. The van der Waals surface area contributed by atoms with Gasteiger partial charge in [-0.1, -0.05) is 294 Å². The van der Waals surface area contributed by atoms with Crippen LogP contribution >= 0.6 is 0 Å². The van der Waals surface area contributed by atoms with Crippen LogP contribution in [0.15, 0.2) is 48.6 Å². The Morgan fingerprint density at radius 2 is 0.486 bits per heavy atom. The second-order valence-corrected chi connectivity index (χ2v) is 22.0. The molecule has 0 aliphatic rings. The summed E-state index contributed by atoms with van der Waals surface area (Å²) in [7, 11) is 0. The van der Waals surface area contributed by atoms with E-state index in [2.05, 4.69) is 69.4 Å². The van der Waals surface area contributed by atoms with Gasteiger partial charge in [-0.15, -0.1) is 0 Å². The molecule has 0 saturated heterocycles. The number of hydrogen-bond acceptors (Lipinski definition) is 6. The number of ether oxygens (including phenoxy) is 3. The SMILES string of the molecule is CCCCC/C=C\C/C=C\CCCCCCCCCCCC(=O)OCC(COC(=O)CCCCCCCCCCCCCCCCCCCC)OC(=O)CCCCCCCCCCC/C=C\C/C=C\CCCCC. The minimum atomic E-state index is -0.776. The van der Waals surface area contributed by atoms with Crippen LogP contribution in [0.5, 0.6) is 0 Å². The Kier molecular flexibility index (Phi) is 60.7. The fraction of sp³-hybridized carbons (Fsp3) is 0.838. The van der Waals surface area contributed by atoms with Crippen molar-refractivity contribution in [1.29, 1.82) is 0 Å². The van der Waals surface area contributed by atoms with Gasteiger partial charge in [-0.3, -0.25) is 14.4 Å². The van der Waals surface area contributed by atoms with Gasteiger partial charge in [0.05, 0.1) is 0 Å². The molecule has 0 rings (SSSR count). The standard InChI is InChI=1S/C68H124O6/c1-4-7-10-13-16-19-22-25-28-31-34-37-40-43-46-49-52-55-58-61-67(70)73-64-65(63-72-66(69)60-57-54-51-48-45-42-39-36-33-30-27-24-21-18-15-12-9-6-3)74-68(71)62-59-56-53-50-47-44-41-38-35-32-29-26-23-20-17-14-11-8-5-2/h16-17,19-20,25-26,28-29,65H,4-15,18,21-24,27,30-64H2,1-3H3/b19-16-,20-17-,28-25-,29-26-. The highest BCUT2D eigenvalue weighted by Gasteiger charge is 2.19. The largest absolute Gasteiger partial charge is 0.462 e. The van der Waals surface area contributed by atoms with Crippen molar-refractivity contribution in [1.82, 2.24) is 0 Å². The van der Waals surface area contributed by atoms with Gasteiger partial charge >= 0.3 is 17.9 Å². The normalized spacial score (nSPS) is 12.3. The van der Waals surface area contributed by atoms with Gasteiger partial charge in [-0.25, -0.2) is 0 Å². The van der Waals surface area contributed by atoms with Crippen LogP contribution in [0.1, 0.15) is 348 Å². The number of esters is 3. The first kappa shape index (κ1) is 71.4. The van der Waals surface area contributed by atoms with E-state index < -0.39 is 6.10 Å². The van der Waals surface area contributed by atoms with Crippen LogP contribution in [0.2, 0.25) is 0 Å². The Balaban J connectivity index is 4.35. The second kappa shape index (κ2) is 62.9. The van der Waals surface area contributed by atoms with E-state index in [1.165, 1.54) is 238 Å². The van der Waals surface area contributed by atoms with E-state index >= 15 is 0 Å². The molecule has 0 fully saturated rings. The lowest BCUT2D eigenvalue weighted by molar-refractivity contribution is -0.167. The number of carbonyl (C=O) groups excluding carboxylic acids is 3. The molecule has 0 spiro atoms. The van der Waals surface area contributed by atoms with Crippen LogP contribution in [-0.4, -0.2) is 37.2 Å². The molecular formula is C68H124O6. The van der Waals surface area contributed by atoms with Crippen molar-refractivity contribution < 1.29 is 28.6 Å². The van der Waals surface area contributed by atoms with Crippen molar-refractivity contribution in [2.45, 2.75) is 354 Å². The van der Waals surface area contributed by atoms with Crippen molar-refractivity contribution in [3.8, 4) is 0 Å². The highest BCUT2D eigenvalue weighted by atomic mass is 16.6. The first-order chi connectivity index (χ1) is 36.5. The molecule has 0 bridgehead atoms. The number of unbranched alkanes of at least 4 members (excludes halogenated alkanes) is 41. The Bertz CT molecular complexity index is 1280. The van der Waals surface area contributed by atoms with E-state index in [4.69, 9.17) is 14.2 Å². The molecule has 0 aliphatic heterocycles. The van der Waals surface area contributed by atoms with Gasteiger partial charge in [-0.05, 0) is 83.5 Å². The number of carbonyl (C=O) groups is 3. The zero-order valence-corrected chi connectivity index (χ0v) is 49.6. The summed E-state index contributed by atoms with van der Waals surface area (Å²) in [6.45, 7) is 6.64. The summed E-state index contributed by atoms with van der Waals surface area (Å²) in [5.41, 5.74) is 0. The fourth-order valence-corrected chi connectivity index (χ4v) is 9.62. The molecule has 0 radical (unpaired) electrons. The Morgan fingerprint density at radius 3 is 0.770 bits per heavy atom. The van der Waals surface area contributed by atoms with Crippen molar-refractivity contribution >= 4 is 17.9 Å². The third-order valence-corrected chi connectivity index (χ3v) is 14.6. The quantitative estimate of drug-likeness (QED) is 0.0261. The lowest BCUT2D eigenvalue weighted by Gasteiger charge is -2.18. The lowest BCUT2D eigenvalue weighted by Crippen LogP contribution is -2.30. The third-order valence-electron chi connectivity index (χ3n) is 14.6. The van der Waals surface area contributed by atoms with Crippen LogP contribution in [0.25, 0.3) is 0 Å². The number of allylic oxidation sites excluding steroid dienone is 8. The van der Waals surface area contributed by atoms with Gasteiger partial charge in [-0.2, -0.15) is 0 Å². The summed E-state index contributed by atoms with van der Waals surface area (Å²) in [6.07, 6.45) is 78.2. The van der Waals surface area contributed by atoms with E-state index in [1.807, 2.05) is 0 Å². The van der Waals surface area contributed by atoms with Gasteiger partial charge in [0.25, 0.3) is 0 Å².